The second kappa shape index (κ2) is 6.73. The van der Waals surface area contributed by atoms with E-state index in [2.05, 4.69) is 11.4 Å². The minimum atomic E-state index is 0.0755. The zero-order valence-electron chi connectivity index (χ0n) is 9.86. The standard InChI is InChI=1S/C13H18N2O/c1-3-11(9-14)10-15-12-5-7-13(8-6-12)16-4-2/h5-8,11,15H,3-4,10H2,1-2H3. The van der Waals surface area contributed by atoms with Gasteiger partial charge in [-0.05, 0) is 37.6 Å². The first-order chi connectivity index (χ1) is 7.80. The fourth-order valence-corrected chi connectivity index (χ4v) is 1.36. The van der Waals surface area contributed by atoms with E-state index in [0.717, 1.165) is 17.9 Å². The Hall–Kier alpha value is -1.69. The summed E-state index contributed by atoms with van der Waals surface area (Å²) in [6.07, 6.45) is 0.876. The Labute approximate surface area is 97.0 Å². The van der Waals surface area contributed by atoms with E-state index < -0.39 is 0 Å². The lowest BCUT2D eigenvalue weighted by Gasteiger charge is -2.10. The average Bonchev–Trinajstić information content (AvgIpc) is 2.33. The van der Waals surface area contributed by atoms with E-state index in [-0.39, 0.29) is 5.92 Å². The highest BCUT2D eigenvalue weighted by atomic mass is 16.5. The maximum Gasteiger partial charge on any atom is 0.119 e. The van der Waals surface area contributed by atoms with Gasteiger partial charge in [0, 0.05) is 12.2 Å². The Morgan fingerprint density at radius 3 is 2.50 bits per heavy atom. The van der Waals surface area contributed by atoms with Crippen LogP contribution in [0, 0.1) is 17.2 Å². The third kappa shape index (κ3) is 3.82. The van der Waals surface area contributed by atoms with E-state index in [1.807, 2.05) is 38.1 Å². The number of anilines is 1. The highest BCUT2D eigenvalue weighted by molar-refractivity contribution is 5.46. The van der Waals surface area contributed by atoms with Crippen molar-refractivity contribution in [2.45, 2.75) is 20.3 Å². The lowest BCUT2D eigenvalue weighted by atomic mass is 10.1. The Kier molecular flexibility index (Phi) is 5.21. The number of hydrogen-bond donors (Lipinski definition) is 1. The van der Waals surface area contributed by atoms with Crippen LogP contribution in [0.2, 0.25) is 0 Å². The van der Waals surface area contributed by atoms with Crippen LogP contribution in [0.3, 0.4) is 0 Å². The molecule has 0 bridgehead atoms. The first-order valence-electron chi connectivity index (χ1n) is 5.66. The molecule has 0 radical (unpaired) electrons. The van der Waals surface area contributed by atoms with Crippen LogP contribution in [0.5, 0.6) is 5.75 Å². The number of benzene rings is 1. The molecule has 1 unspecified atom stereocenters. The Balaban J connectivity index is 2.46. The fraction of sp³-hybridized carbons (Fsp3) is 0.462. The highest BCUT2D eigenvalue weighted by Gasteiger charge is 2.03. The predicted octanol–water partition coefficient (Wildman–Crippen LogP) is 3.05. The van der Waals surface area contributed by atoms with Crippen molar-refractivity contribution in [2.24, 2.45) is 5.92 Å². The van der Waals surface area contributed by atoms with E-state index in [1.165, 1.54) is 0 Å². The molecule has 0 aliphatic heterocycles. The second-order valence-corrected chi connectivity index (χ2v) is 3.57. The van der Waals surface area contributed by atoms with Gasteiger partial charge < -0.3 is 10.1 Å². The van der Waals surface area contributed by atoms with Gasteiger partial charge >= 0.3 is 0 Å². The first kappa shape index (κ1) is 12.4. The molecule has 0 saturated heterocycles. The summed E-state index contributed by atoms with van der Waals surface area (Å²) in [7, 11) is 0. The lowest BCUT2D eigenvalue weighted by Crippen LogP contribution is -2.11. The third-order valence-corrected chi connectivity index (χ3v) is 2.39. The van der Waals surface area contributed by atoms with Crippen molar-refractivity contribution in [2.75, 3.05) is 18.5 Å². The van der Waals surface area contributed by atoms with Gasteiger partial charge in [-0.25, -0.2) is 0 Å². The van der Waals surface area contributed by atoms with Gasteiger partial charge in [-0.3, -0.25) is 0 Å². The average molecular weight is 218 g/mol. The lowest BCUT2D eigenvalue weighted by molar-refractivity contribution is 0.340. The summed E-state index contributed by atoms with van der Waals surface area (Å²) in [6, 6.07) is 10.1. The number of hydrogen-bond acceptors (Lipinski definition) is 3. The van der Waals surface area contributed by atoms with Crippen molar-refractivity contribution in [3.05, 3.63) is 24.3 Å². The monoisotopic (exact) mass is 218 g/mol. The maximum absolute atomic E-state index is 8.81. The SMILES string of the molecule is CCOc1ccc(NCC(C#N)CC)cc1. The molecule has 0 amide bonds. The Morgan fingerprint density at radius 1 is 1.31 bits per heavy atom. The van der Waals surface area contributed by atoms with Crippen molar-refractivity contribution in [1.82, 2.24) is 0 Å². The number of rotatable bonds is 6. The van der Waals surface area contributed by atoms with E-state index in [0.29, 0.717) is 13.2 Å². The van der Waals surface area contributed by atoms with Crippen molar-refractivity contribution >= 4 is 5.69 Å². The summed E-state index contributed by atoms with van der Waals surface area (Å²) in [5.74, 6) is 0.951. The molecule has 16 heavy (non-hydrogen) atoms. The van der Waals surface area contributed by atoms with Gasteiger partial charge in [0.15, 0.2) is 0 Å². The smallest absolute Gasteiger partial charge is 0.119 e. The van der Waals surface area contributed by atoms with Crippen LogP contribution in [0.15, 0.2) is 24.3 Å². The minimum absolute atomic E-state index is 0.0755. The van der Waals surface area contributed by atoms with Crippen molar-refractivity contribution < 1.29 is 4.74 Å². The highest BCUT2D eigenvalue weighted by Crippen LogP contribution is 2.16. The van der Waals surface area contributed by atoms with Gasteiger partial charge in [-0.1, -0.05) is 6.92 Å². The summed E-state index contributed by atoms with van der Waals surface area (Å²) >= 11 is 0. The Bertz CT molecular complexity index is 340. The minimum Gasteiger partial charge on any atom is -0.494 e. The van der Waals surface area contributed by atoms with Crippen molar-refractivity contribution in [3.63, 3.8) is 0 Å². The zero-order valence-corrected chi connectivity index (χ0v) is 9.86. The van der Waals surface area contributed by atoms with E-state index in [4.69, 9.17) is 10.00 Å². The van der Waals surface area contributed by atoms with Crippen LogP contribution in [-0.4, -0.2) is 13.2 Å². The van der Waals surface area contributed by atoms with E-state index in [1.54, 1.807) is 0 Å². The van der Waals surface area contributed by atoms with Gasteiger partial charge in [0.05, 0.1) is 18.6 Å². The van der Waals surface area contributed by atoms with Gasteiger partial charge in [0.1, 0.15) is 5.75 Å². The van der Waals surface area contributed by atoms with Crippen LogP contribution in [-0.2, 0) is 0 Å². The quantitative estimate of drug-likeness (QED) is 0.798. The molecule has 1 atom stereocenters. The van der Waals surface area contributed by atoms with Crippen LogP contribution in [0.4, 0.5) is 5.69 Å². The molecular formula is C13H18N2O. The Morgan fingerprint density at radius 2 is 2.00 bits per heavy atom. The number of ether oxygens (including phenoxy) is 1. The summed E-state index contributed by atoms with van der Waals surface area (Å²) in [5.41, 5.74) is 1.03. The molecule has 86 valence electrons. The molecule has 0 aliphatic rings. The summed E-state index contributed by atoms with van der Waals surface area (Å²) in [4.78, 5) is 0. The predicted molar refractivity (Wildman–Crippen MR) is 65.5 cm³/mol. The largest absolute Gasteiger partial charge is 0.494 e. The molecule has 3 heteroatoms. The summed E-state index contributed by atoms with van der Waals surface area (Å²) < 4.78 is 5.35. The molecule has 0 heterocycles. The third-order valence-electron chi connectivity index (χ3n) is 2.39. The molecule has 1 N–H and O–H groups in total. The molecular weight excluding hydrogens is 200 g/mol. The van der Waals surface area contributed by atoms with Gasteiger partial charge in [0.2, 0.25) is 0 Å². The molecule has 0 aliphatic carbocycles. The molecule has 1 rings (SSSR count). The van der Waals surface area contributed by atoms with Gasteiger partial charge in [-0.2, -0.15) is 5.26 Å². The maximum atomic E-state index is 8.81. The topological polar surface area (TPSA) is 45.0 Å². The van der Waals surface area contributed by atoms with Gasteiger partial charge in [-0.15, -0.1) is 0 Å². The van der Waals surface area contributed by atoms with Crippen LogP contribution < -0.4 is 10.1 Å². The molecule has 3 nitrogen and oxygen atoms in total. The van der Waals surface area contributed by atoms with E-state index in [9.17, 15) is 0 Å². The molecule has 0 saturated carbocycles. The van der Waals surface area contributed by atoms with E-state index >= 15 is 0 Å². The molecule has 1 aromatic carbocycles. The fourth-order valence-electron chi connectivity index (χ4n) is 1.36. The van der Waals surface area contributed by atoms with Crippen LogP contribution >= 0.6 is 0 Å². The van der Waals surface area contributed by atoms with Crippen LogP contribution in [0.1, 0.15) is 20.3 Å². The second-order valence-electron chi connectivity index (χ2n) is 3.57. The summed E-state index contributed by atoms with van der Waals surface area (Å²) in [5, 5.41) is 12.0. The zero-order chi connectivity index (χ0) is 11.8. The molecule has 0 spiro atoms. The van der Waals surface area contributed by atoms with Crippen LogP contribution in [0.25, 0.3) is 0 Å². The van der Waals surface area contributed by atoms with Crippen molar-refractivity contribution in [3.8, 4) is 11.8 Å². The van der Waals surface area contributed by atoms with Crippen molar-refractivity contribution in [1.29, 1.82) is 5.26 Å². The summed E-state index contributed by atoms with van der Waals surface area (Å²) in [6.45, 7) is 5.36. The molecule has 0 fully saturated rings. The normalized spacial score (nSPS) is 11.6. The van der Waals surface area contributed by atoms with Gasteiger partial charge in [0.25, 0.3) is 0 Å². The number of nitriles is 1. The molecule has 1 aromatic rings. The number of nitrogens with zero attached hydrogens (tertiary/aromatic N) is 1. The first-order valence-corrected chi connectivity index (χ1v) is 5.66. The number of nitrogens with one attached hydrogen (secondary N) is 1. The molecule has 0 aromatic heterocycles.